The molecule has 0 atom stereocenters. The summed E-state index contributed by atoms with van der Waals surface area (Å²) < 4.78 is 1.60. The van der Waals surface area contributed by atoms with E-state index in [9.17, 15) is 0 Å². The van der Waals surface area contributed by atoms with Crippen molar-refractivity contribution in [2.24, 2.45) is 7.05 Å². The van der Waals surface area contributed by atoms with Gasteiger partial charge in [0.15, 0.2) is 0 Å². The lowest BCUT2D eigenvalue weighted by atomic mass is 10.4. The molecule has 0 fully saturated rings. The molecule has 0 aliphatic carbocycles. The maximum Gasteiger partial charge on any atom is 0.245 e. The smallest absolute Gasteiger partial charge is 0.245 e. The SMILES string of the molecule is CCN(CCC#N)c1nnnn1C. The summed E-state index contributed by atoms with van der Waals surface area (Å²) in [6.07, 6.45) is 0.487. The van der Waals surface area contributed by atoms with Gasteiger partial charge in [-0.15, -0.1) is 0 Å². The monoisotopic (exact) mass is 180 g/mol. The third-order valence-corrected chi connectivity index (χ3v) is 1.76. The molecular formula is C7H12N6. The van der Waals surface area contributed by atoms with Gasteiger partial charge in [0.25, 0.3) is 0 Å². The van der Waals surface area contributed by atoms with Gasteiger partial charge in [0, 0.05) is 20.1 Å². The summed E-state index contributed by atoms with van der Waals surface area (Å²) in [6.45, 7) is 3.48. The highest BCUT2D eigenvalue weighted by Gasteiger charge is 2.09. The van der Waals surface area contributed by atoms with Crippen LogP contribution in [0.2, 0.25) is 0 Å². The predicted molar refractivity (Wildman–Crippen MR) is 46.9 cm³/mol. The number of aryl methyl sites for hydroxylation is 1. The van der Waals surface area contributed by atoms with Gasteiger partial charge in [0.1, 0.15) is 0 Å². The second-order valence-corrected chi connectivity index (χ2v) is 2.59. The standard InChI is InChI=1S/C7H12N6/c1-3-13(6-4-5-8)7-9-10-11-12(7)2/h3-4,6H2,1-2H3. The third-order valence-electron chi connectivity index (χ3n) is 1.76. The Morgan fingerprint density at radius 3 is 2.85 bits per heavy atom. The maximum atomic E-state index is 8.44. The summed E-state index contributed by atoms with van der Waals surface area (Å²) in [5.74, 6) is 0.706. The number of hydrogen-bond donors (Lipinski definition) is 0. The van der Waals surface area contributed by atoms with Crippen molar-refractivity contribution in [3.63, 3.8) is 0 Å². The van der Waals surface area contributed by atoms with E-state index in [1.807, 2.05) is 11.8 Å². The van der Waals surface area contributed by atoms with Crippen LogP contribution in [0.15, 0.2) is 0 Å². The van der Waals surface area contributed by atoms with E-state index in [2.05, 4.69) is 21.6 Å². The normalized spacial score (nSPS) is 9.62. The van der Waals surface area contributed by atoms with Crippen LogP contribution in [-0.4, -0.2) is 33.3 Å². The second-order valence-electron chi connectivity index (χ2n) is 2.59. The predicted octanol–water partition coefficient (Wildman–Crippen LogP) is -0.0499. The minimum absolute atomic E-state index is 0.487. The topological polar surface area (TPSA) is 70.6 Å². The van der Waals surface area contributed by atoms with E-state index in [4.69, 9.17) is 5.26 Å². The molecule has 0 aliphatic heterocycles. The minimum atomic E-state index is 0.487. The summed E-state index contributed by atoms with van der Waals surface area (Å²) in [5, 5.41) is 19.6. The van der Waals surface area contributed by atoms with Crippen LogP contribution in [-0.2, 0) is 7.05 Å². The number of tetrazole rings is 1. The van der Waals surface area contributed by atoms with Crippen LogP contribution in [0.4, 0.5) is 5.95 Å². The zero-order valence-corrected chi connectivity index (χ0v) is 7.80. The van der Waals surface area contributed by atoms with Crippen LogP contribution in [0.5, 0.6) is 0 Å². The zero-order chi connectivity index (χ0) is 9.68. The Bertz CT molecular complexity index is 298. The number of anilines is 1. The van der Waals surface area contributed by atoms with E-state index in [1.165, 1.54) is 0 Å². The molecule has 0 N–H and O–H groups in total. The van der Waals surface area contributed by atoms with Gasteiger partial charge in [-0.2, -0.15) is 5.26 Å². The van der Waals surface area contributed by atoms with Crippen molar-refractivity contribution in [2.75, 3.05) is 18.0 Å². The van der Waals surface area contributed by atoms with Gasteiger partial charge in [-0.25, -0.2) is 4.68 Å². The molecule has 0 amide bonds. The van der Waals surface area contributed by atoms with Gasteiger partial charge < -0.3 is 4.90 Å². The molecule has 13 heavy (non-hydrogen) atoms. The van der Waals surface area contributed by atoms with Crippen molar-refractivity contribution in [1.29, 1.82) is 5.26 Å². The quantitative estimate of drug-likeness (QED) is 0.649. The van der Waals surface area contributed by atoms with Crippen LogP contribution in [0.25, 0.3) is 0 Å². The molecule has 1 heterocycles. The summed E-state index contributed by atoms with van der Waals surface area (Å²) in [4.78, 5) is 1.96. The highest BCUT2D eigenvalue weighted by Crippen LogP contribution is 2.05. The van der Waals surface area contributed by atoms with Crippen molar-refractivity contribution in [3.8, 4) is 6.07 Å². The molecule has 0 unspecified atom stereocenters. The molecule has 6 heteroatoms. The lowest BCUT2D eigenvalue weighted by Crippen LogP contribution is -2.26. The first-order valence-corrected chi connectivity index (χ1v) is 4.13. The summed E-state index contributed by atoms with van der Waals surface area (Å²) in [7, 11) is 1.78. The molecule has 1 aromatic rings. The molecular weight excluding hydrogens is 168 g/mol. The van der Waals surface area contributed by atoms with Crippen LogP contribution in [0.3, 0.4) is 0 Å². The fourth-order valence-corrected chi connectivity index (χ4v) is 1.08. The van der Waals surface area contributed by atoms with Crippen molar-refractivity contribution in [3.05, 3.63) is 0 Å². The summed E-state index contributed by atoms with van der Waals surface area (Å²) >= 11 is 0. The fourth-order valence-electron chi connectivity index (χ4n) is 1.08. The average Bonchev–Trinajstić information content (AvgIpc) is 2.54. The molecule has 1 aromatic heterocycles. The number of nitriles is 1. The lowest BCUT2D eigenvalue weighted by Gasteiger charge is -2.18. The molecule has 0 aromatic carbocycles. The van der Waals surface area contributed by atoms with Gasteiger partial charge in [0.2, 0.25) is 5.95 Å². The van der Waals surface area contributed by atoms with Crippen molar-refractivity contribution in [1.82, 2.24) is 20.2 Å². The zero-order valence-electron chi connectivity index (χ0n) is 7.80. The Kier molecular flexibility index (Phi) is 3.20. The maximum absolute atomic E-state index is 8.44. The van der Waals surface area contributed by atoms with E-state index in [0.717, 1.165) is 6.54 Å². The Morgan fingerprint density at radius 1 is 1.62 bits per heavy atom. The first-order chi connectivity index (χ1) is 6.29. The van der Waals surface area contributed by atoms with E-state index in [0.29, 0.717) is 18.9 Å². The van der Waals surface area contributed by atoms with Gasteiger partial charge in [-0.1, -0.05) is 5.10 Å². The van der Waals surface area contributed by atoms with Crippen molar-refractivity contribution in [2.45, 2.75) is 13.3 Å². The molecule has 0 saturated carbocycles. The van der Waals surface area contributed by atoms with Crippen LogP contribution in [0, 0.1) is 11.3 Å². The molecule has 1 rings (SSSR count). The second kappa shape index (κ2) is 4.40. The largest absolute Gasteiger partial charge is 0.339 e. The van der Waals surface area contributed by atoms with Gasteiger partial charge in [-0.3, -0.25) is 0 Å². The molecule has 0 saturated heterocycles. The Morgan fingerprint density at radius 2 is 2.38 bits per heavy atom. The van der Waals surface area contributed by atoms with E-state index < -0.39 is 0 Å². The van der Waals surface area contributed by atoms with Gasteiger partial charge >= 0.3 is 0 Å². The van der Waals surface area contributed by atoms with Crippen LogP contribution in [0.1, 0.15) is 13.3 Å². The third kappa shape index (κ3) is 2.15. The fraction of sp³-hybridized carbons (Fsp3) is 0.714. The number of hydrogen-bond acceptors (Lipinski definition) is 5. The van der Waals surface area contributed by atoms with Crippen LogP contribution < -0.4 is 4.90 Å². The lowest BCUT2D eigenvalue weighted by molar-refractivity contribution is 0.684. The van der Waals surface area contributed by atoms with Crippen LogP contribution >= 0.6 is 0 Å². The number of rotatable bonds is 4. The van der Waals surface area contributed by atoms with Crippen molar-refractivity contribution < 1.29 is 0 Å². The molecule has 0 bridgehead atoms. The first-order valence-electron chi connectivity index (χ1n) is 4.13. The summed E-state index contributed by atoms with van der Waals surface area (Å²) in [6, 6.07) is 2.09. The average molecular weight is 180 g/mol. The highest BCUT2D eigenvalue weighted by atomic mass is 15.6. The summed E-state index contributed by atoms with van der Waals surface area (Å²) in [5.41, 5.74) is 0. The van der Waals surface area contributed by atoms with Crippen molar-refractivity contribution >= 4 is 5.95 Å². The molecule has 0 aliphatic rings. The van der Waals surface area contributed by atoms with E-state index in [-0.39, 0.29) is 0 Å². The molecule has 0 radical (unpaired) electrons. The van der Waals surface area contributed by atoms with E-state index in [1.54, 1.807) is 11.7 Å². The number of nitrogens with zero attached hydrogens (tertiary/aromatic N) is 6. The highest BCUT2D eigenvalue weighted by molar-refractivity contribution is 5.27. The van der Waals surface area contributed by atoms with E-state index >= 15 is 0 Å². The first kappa shape index (κ1) is 9.45. The van der Waals surface area contributed by atoms with Gasteiger partial charge in [-0.05, 0) is 17.4 Å². The van der Waals surface area contributed by atoms with Gasteiger partial charge in [0.05, 0.1) is 12.5 Å². The Hall–Kier alpha value is -1.64. The molecule has 70 valence electrons. The minimum Gasteiger partial charge on any atom is -0.339 e. The number of aromatic nitrogens is 4. The molecule has 0 spiro atoms. The molecule has 6 nitrogen and oxygen atoms in total. The Labute approximate surface area is 76.8 Å². The Balaban J connectivity index is 2.68.